The molecule has 3 aromatic rings. The van der Waals surface area contributed by atoms with Crippen LogP contribution in [0.4, 0.5) is 10.2 Å². The third-order valence-corrected chi connectivity index (χ3v) is 10.6. The second-order valence-electron chi connectivity index (χ2n) is 13.5. The van der Waals surface area contributed by atoms with Gasteiger partial charge in [-0.2, -0.15) is 15.2 Å². The van der Waals surface area contributed by atoms with E-state index < -0.39 is 18.1 Å². The van der Waals surface area contributed by atoms with Gasteiger partial charge in [-0.25, -0.2) is 4.39 Å². The molecule has 7 rings (SSSR count). The summed E-state index contributed by atoms with van der Waals surface area (Å²) in [7, 11) is 0. The minimum absolute atomic E-state index is 0.0474. The summed E-state index contributed by atoms with van der Waals surface area (Å²) in [5, 5.41) is 12.0. The highest BCUT2D eigenvalue weighted by Crippen LogP contribution is 2.44. The Balaban J connectivity index is 1.25. The highest BCUT2D eigenvalue weighted by atomic mass is 19.1. The number of aryl methyl sites for hydroxylation is 1. The Hall–Kier alpha value is -3.81. The van der Waals surface area contributed by atoms with Gasteiger partial charge in [0.05, 0.1) is 42.0 Å². The molecule has 9 nitrogen and oxygen atoms in total. The second-order valence-corrected chi connectivity index (χ2v) is 13.5. The fourth-order valence-electron chi connectivity index (χ4n) is 8.42. The summed E-state index contributed by atoms with van der Waals surface area (Å²) < 4.78 is 27.4. The Morgan fingerprint density at radius 1 is 1.15 bits per heavy atom. The van der Waals surface area contributed by atoms with Gasteiger partial charge in [-0.05, 0) is 81.4 Å². The summed E-state index contributed by atoms with van der Waals surface area (Å²) in [6.45, 7) is 9.34. The van der Waals surface area contributed by atoms with E-state index in [1.807, 2.05) is 6.92 Å². The van der Waals surface area contributed by atoms with Crippen molar-refractivity contribution in [3.05, 3.63) is 58.8 Å². The molecule has 1 unspecified atom stereocenters. The van der Waals surface area contributed by atoms with Crippen LogP contribution in [0.3, 0.4) is 0 Å². The van der Waals surface area contributed by atoms with E-state index in [1.165, 1.54) is 41.0 Å². The molecular formula is C36H43FN6O3. The number of hydrogen-bond acceptors (Lipinski definition) is 8. The van der Waals surface area contributed by atoms with Crippen molar-refractivity contribution in [2.75, 3.05) is 44.2 Å². The van der Waals surface area contributed by atoms with Crippen LogP contribution in [0.15, 0.2) is 36.4 Å². The van der Waals surface area contributed by atoms with E-state index >= 15 is 0 Å². The number of hydrogen-bond donors (Lipinski definition) is 0. The quantitative estimate of drug-likeness (QED) is 0.334. The summed E-state index contributed by atoms with van der Waals surface area (Å²) in [6.07, 6.45) is 3.15. The van der Waals surface area contributed by atoms with Crippen molar-refractivity contribution in [1.82, 2.24) is 19.8 Å². The van der Waals surface area contributed by atoms with Gasteiger partial charge in [-0.3, -0.25) is 9.69 Å². The molecule has 4 aliphatic heterocycles. The average Bonchev–Trinajstić information content (AvgIpc) is 3.64. The number of ether oxygens (including phenoxy) is 2. The van der Waals surface area contributed by atoms with Gasteiger partial charge in [-0.15, -0.1) is 0 Å². The van der Waals surface area contributed by atoms with E-state index in [1.54, 1.807) is 0 Å². The normalized spacial score (nSPS) is 24.8. The number of amides is 1. The zero-order chi connectivity index (χ0) is 32.0. The van der Waals surface area contributed by atoms with Crippen LogP contribution in [0.2, 0.25) is 0 Å². The first-order valence-electron chi connectivity index (χ1n) is 16.8. The van der Waals surface area contributed by atoms with E-state index in [0.717, 1.165) is 48.6 Å². The molecule has 4 aliphatic rings. The SMILES string of the molecule is Cc1cccc2cccc([C@H]3Cc4nc(OCC56CCCN5CCC6)nc(N5CCN(C(=O)C(C)F)[C@@H](CC#N)C5)c4[C@@H](C)O3)c12. The first-order valence-corrected chi connectivity index (χ1v) is 16.8. The van der Waals surface area contributed by atoms with Crippen molar-refractivity contribution >= 4 is 22.5 Å². The van der Waals surface area contributed by atoms with Crippen molar-refractivity contribution in [2.45, 2.75) is 89.3 Å². The van der Waals surface area contributed by atoms with Gasteiger partial charge in [0.15, 0.2) is 6.17 Å². The highest BCUT2D eigenvalue weighted by molar-refractivity contribution is 5.89. The highest BCUT2D eigenvalue weighted by Gasteiger charge is 2.45. The molecule has 4 atom stereocenters. The van der Waals surface area contributed by atoms with Crippen LogP contribution < -0.4 is 9.64 Å². The number of aromatic nitrogens is 2. The minimum atomic E-state index is -1.62. The Morgan fingerprint density at radius 2 is 1.91 bits per heavy atom. The van der Waals surface area contributed by atoms with Crippen molar-refractivity contribution in [2.24, 2.45) is 0 Å². The number of nitrogens with zero attached hydrogens (tertiary/aromatic N) is 6. The standard InChI is InChI=1S/C36H43FN6O3/c1-23-8-4-9-26-10-5-11-28(31(23)26)30-20-29-32(25(3)46-30)33(41-18-19-43(34(44)24(2)37)27(21-41)12-15-38)40-35(39-29)45-22-36-13-6-16-42(36)17-7-14-36/h4-5,8-11,24-25,27,30H,6-7,12-14,16-22H2,1-3H3/t24?,25-,27+,30-/m1/s1. The molecule has 5 heterocycles. The smallest absolute Gasteiger partial charge is 0.318 e. The van der Waals surface area contributed by atoms with Crippen molar-refractivity contribution in [3.63, 3.8) is 0 Å². The minimum Gasteiger partial charge on any atom is -0.461 e. The Kier molecular flexibility index (Phi) is 8.32. The number of carbonyl (C=O) groups excluding carboxylic acids is 1. The van der Waals surface area contributed by atoms with Crippen LogP contribution >= 0.6 is 0 Å². The van der Waals surface area contributed by atoms with Crippen LogP contribution in [0.1, 0.15) is 80.5 Å². The lowest BCUT2D eigenvalue weighted by atomic mass is 9.91. The number of carbonyl (C=O) groups is 1. The fraction of sp³-hybridized carbons (Fsp3) is 0.556. The largest absolute Gasteiger partial charge is 0.461 e. The maximum atomic E-state index is 14.1. The molecule has 2 aromatic carbocycles. The van der Waals surface area contributed by atoms with Gasteiger partial charge in [0.1, 0.15) is 12.4 Å². The molecule has 242 valence electrons. The van der Waals surface area contributed by atoms with Gasteiger partial charge < -0.3 is 19.3 Å². The van der Waals surface area contributed by atoms with E-state index in [-0.39, 0.29) is 24.2 Å². The number of nitriles is 1. The molecule has 1 aromatic heterocycles. The van der Waals surface area contributed by atoms with Crippen molar-refractivity contribution < 1.29 is 18.7 Å². The van der Waals surface area contributed by atoms with E-state index in [2.05, 4.69) is 59.2 Å². The molecule has 0 bridgehead atoms. The third-order valence-electron chi connectivity index (χ3n) is 10.6. The summed E-state index contributed by atoms with van der Waals surface area (Å²) in [5.41, 5.74) is 4.21. The van der Waals surface area contributed by atoms with Crippen LogP contribution in [0, 0.1) is 18.3 Å². The summed E-state index contributed by atoms with van der Waals surface area (Å²) in [6, 6.07) is 14.8. The van der Waals surface area contributed by atoms with E-state index in [9.17, 15) is 14.4 Å². The second kappa shape index (κ2) is 12.4. The third kappa shape index (κ3) is 5.47. The maximum absolute atomic E-state index is 14.1. The van der Waals surface area contributed by atoms with Gasteiger partial charge in [0.2, 0.25) is 0 Å². The molecule has 0 radical (unpaired) electrons. The molecular weight excluding hydrogens is 583 g/mol. The lowest BCUT2D eigenvalue weighted by molar-refractivity contribution is -0.138. The summed E-state index contributed by atoms with van der Waals surface area (Å²) >= 11 is 0. The predicted octanol–water partition coefficient (Wildman–Crippen LogP) is 5.61. The van der Waals surface area contributed by atoms with Crippen LogP contribution in [-0.2, 0) is 16.0 Å². The maximum Gasteiger partial charge on any atom is 0.318 e. The molecule has 0 saturated carbocycles. The number of benzene rings is 2. The van der Waals surface area contributed by atoms with Gasteiger partial charge in [0.25, 0.3) is 5.91 Å². The fourth-order valence-corrected chi connectivity index (χ4v) is 8.42. The first kappa shape index (κ1) is 30.8. The monoisotopic (exact) mass is 626 g/mol. The lowest BCUT2D eigenvalue weighted by Crippen LogP contribution is -2.57. The molecule has 3 fully saturated rings. The first-order chi connectivity index (χ1) is 22.3. The Bertz CT molecular complexity index is 1660. The zero-order valence-corrected chi connectivity index (χ0v) is 27.0. The number of anilines is 1. The lowest BCUT2D eigenvalue weighted by Gasteiger charge is -2.43. The number of rotatable bonds is 7. The van der Waals surface area contributed by atoms with Gasteiger partial charge in [-0.1, -0.05) is 36.4 Å². The Morgan fingerprint density at radius 3 is 2.65 bits per heavy atom. The van der Waals surface area contributed by atoms with Crippen LogP contribution in [0.5, 0.6) is 6.01 Å². The molecule has 1 amide bonds. The zero-order valence-electron chi connectivity index (χ0n) is 27.0. The average molecular weight is 627 g/mol. The molecule has 10 heteroatoms. The number of alkyl halides is 1. The van der Waals surface area contributed by atoms with Crippen molar-refractivity contribution in [1.29, 1.82) is 5.26 Å². The van der Waals surface area contributed by atoms with Crippen LogP contribution in [0.25, 0.3) is 10.8 Å². The van der Waals surface area contributed by atoms with Gasteiger partial charge >= 0.3 is 6.01 Å². The topological polar surface area (TPSA) is 94.8 Å². The molecule has 0 spiro atoms. The predicted molar refractivity (Wildman–Crippen MR) is 173 cm³/mol. The van der Waals surface area contributed by atoms with E-state index in [4.69, 9.17) is 19.4 Å². The summed E-state index contributed by atoms with van der Waals surface area (Å²) in [5.74, 6) is 0.145. The van der Waals surface area contributed by atoms with E-state index in [0.29, 0.717) is 38.7 Å². The number of halogens is 1. The number of piperazine rings is 1. The Labute approximate surface area is 270 Å². The molecule has 3 saturated heterocycles. The van der Waals surface area contributed by atoms with Gasteiger partial charge in [0, 0.05) is 31.6 Å². The molecule has 46 heavy (non-hydrogen) atoms. The molecule has 0 aliphatic carbocycles. The van der Waals surface area contributed by atoms with Crippen molar-refractivity contribution in [3.8, 4) is 12.1 Å². The van der Waals surface area contributed by atoms with Crippen LogP contribution in [-0.4, -0.2) is 82.8 Å². The summed E-state index contributed by atoms with van der Waals surface area (Å²) in [4.78, 5) is 29.0. The molecule has 0 N–H and O–H groups in total. The number of fused-ring (bicyclic) bond motifs is 3.